The Balaban J connectivity index is 1.79. The minimum Gasteiger partial charge on any atom is -0.493 e. The molecule has 2 N–H and O–H groups in total. The van der Waals surface area contributed by atoms with Crippen molar-refractivity contribution in [3.8, 4) is 11.5 Å². The van der Waals surface area contributed by atoms with Crippen LogP contribution in [-0.2, 0) is 4.74 Å². The van der Waals surface area contributed by atoms with Crippen LogP contribution in [0.5, 0.6) is 11.5 Å². The van der Waals surface area contributed by atoms with Crippen LogP contribution in [0.15, 0.2) is 42.6 Å². The Labute approximate surface area is 122 Å². The van der Waals surface area contributed by atoms with E-state index in [1.807, 2.05) is 12.1 Å². The van der Waals surface area contributed by atoms with Crippen molar-refractivity contribution in [2.45, 2.75) is 0 Å². The summed E-state index contributed by atoms with van der Waals surface area (Å²) in [5.41, 5.74) is 6.20. The highest BCUT2D eigenvalue weighted by molar-refractivity contribution is 5.87. The van der Waals surface area contributed by atoms with E-state index in [4.69, 9.17) is 19.9 Å². The Morgan fingerprint density at radius 1 is 1.14 bits per heavy atom. The second kappa shape index (κ2) is 7.14. The molecule has 0 fully saturated rings. The molecule has 110 valence electrons. The van der Waals surface area contributed by atoms with Gasteiger partial charge < -0.3 is 19.9 Å². The summed E-state index contributed by atoms with van der Waals surface area (Å²) in [4.78, 5) is 15.6. The number of rotatable bonds is 6. The summed E-state index contributed by atoms with van der Waals surface area (Å²) in [6.07, 6.45) is 1.40. The number of anilines is 1. The number of methoxy groups -OCH3 is 1. The van der Waals surface area contributed by atoms with Crippen molar-refractivity contribution in [1.82, 2.24) is 4.98 Å². The zero-order valence-electron chi connectivity index (χ0n) is 11.6. The van der Waals surface area contributed by atoms with Gasteiger partial charge in [0.1, 0.15) is 18.9 Å². The molecule has 1 heterocycles. The molecule has 0 spiro atoms. The number of ether oxygens (including phenoxy) is 3. The molecule has 21 heavy (non-hydrogen) atoms. The average molecular weight is 288 g/mol. The Bertz CT molecular complexity index is 599. The highest BCUT2D eigenvalue weighted by atomic mass is 16.6. The van der Waals surface area contributed by atoms with Gasteiger partial charge in [-0.1, -0.05) is 12.1 Å². The molecular weight excluding hydrogens is 272 g/mol. The van der Waals surface area contributed by atoms with Crippen LogP contribution < -0.4 is 15.2 Å². The molecule has 0 bridgehead atoms. The molecule has 0 amide bonds. The first-order chi connectivity index (χ1) is 10.2. The number of pyridine rings is 1. The van der Waals surface area contributed by atoms with Crippen molar-refractivity contribution in [3.05, 3.63) is 48.3 Å². The number of aromatic nitrogens is 1. The molecular formula is C15H16N2O4. The first-order valence-corrected chi connectivity index (χ1v) is 6.35. The van der Waals surface area contributed by atoms with E-state index in [0.29, 0.717) is 17.2 Å². The summed E-state index contributed by atoms with van der Waals surface area (Å²) in [5, 5.41) is 0. The van der Waals surface area contributed by atoms with Gasteiger partial charge in [-0.3, -0.25) is 0 Å². The molecule has 2 aromatic rings. The minimum atomic E-state index is -0.515. The van der Waals surface area contributed by atoms with E-state index in [2.05, 4.69) is 4.98 Å². The average Bonchev–Trinajstić information content (AvgIpc) is 2.52. The fourth-order valence-corrected chi connectivity index (χ4v) is 1.62. The number of nitrogens with zero attached hydrogens (tertiary/aromatic N) is 1. The number of esters is 1. The van der Waals surface area contributed by atoms with Gasteiger partial charge in [0.05, 0.1) is 19.0 Å². The fraction of sp³-hybridized carbons (Fsp3) is 0.200. The van der Waals surface area contributed by atoms with Gasteiger partial charge in [0.15, 0.2) is 11.5 Å². The lowest BCUT2D eigenvalue weighted by atomic mass is 10.3. The van der Waals surface area contributed by atoms with Crippen LogP contribution >= 0.6 is 0 Å². The zero-order valence-corrected chi connectivity index (χ0v) is 11.6. The van der Waals surface area contributed by atoms with Gasteiger partial charge in [0.2, 0.25) is 0 Å². The maximum absolute atomic E-state index is 11.7. The second-order valence-corrected chi connectivity index (χ2v) is 4.11. The molecule has 0 unspecified atom stereocenters. The van der Waals surface area contributed by atoms with Gasteiger partial charge in [-0.2, -0.15) is 0 Å². The standard InChI is InChI=1S/C15H16N2O4/c1-19-13-4-2-3-5-14(13)20-8-9-21-15(18)12-7-6-11(16)10-17-12/h2-7,10H,8-9,16H2,1H3. The van der Waals surface area contributed by atoms with Crippen LogP contribution in [0.2, 0.25) is 0 Å². The lowest BCUT2D eigenvalue weighted by molar-refractivity contribution is 0.0442. The molecule has 2 rings (SSSR count). The Hall–Kier alpha value is -2.76. The third kappa shape index (κ3) is 4.10. The third-order valence-electron chi connectivity index (χ3n) is 2.64. The van der Waals surface area contributed by atoms with E-state index in [-0.39, 0.29) is 18.9 Å². The normalized spacial score (nSPS) is 9.95. The van der Waals surface area contributed by atoms with Crippen LogP contribution in [0, 0.1) is 0 Å². The molecule has 0 saturated carbocycles. The predicted molar refractivity (Wildman–Crippen MR) is 77.4 cm³/mol. The lowest BCUT2D eigenvalue weighted by Gasteiger charge is -2.10. The van der Waals surface area contributed by atoms with Gasteiger partial charge in [-0.15, -0.1) is 0 Å². The van der Waals surface area contributed by atoms with E-state index in [1.54, 1.807) is 25.3 Å². The zero-order chi connectivity index (χ0) is 15.1. The highest BCUT2D eigenvalue weighted by Crippen LogP contribution is 2.25. The molecule has 1 aromatic heterocycles. The molecule has 0 atom stereocenters. The first kappa shape index (κ1) is 14.6. The third-order valence-corrected chi connectivity index (χ3v) is 2.64. The van der Waals surface area contributed by atoms with E-state index >= 15 is 0 Å². The number of hydrogen-bond donors (Lipinski definition) is 1. The molecule has 0 aliphatic carbocycles. The SMILES string of the molecule is COc1ccccc1OCCOC(=O)c1ccc(N)cn1. The summed E-state index contributed by atoms with van der Waals surface area (Å²) < 4.78 is 15.7. The molecule has 0 radical (unpaired) electrons. The molecule has 6 heteroatoms. The minimum absolute atomic E-state index is 0.114. The van der Waals surface area contributed by atoms with Crippen LogP contribution in [0.25, 0.3) is 0 Å². The maximum Gasteiger partial charge on any atom is 0.357 e. The Kier molecular flexibility index (Phi) is 4.98. The van der Waals surface area contributed by atoms with E-state index in [9.17, 15) is 4.79 Å². The second-order valence-electron chi connectivity index (χ2n) is 4.11. The number of carbonyl (C=O) groups is 1. The number of carbonyl (C=O) groups excluding carboxylic acids is 1. The van der Waals surface area contributed by atoms with Crippen molar-refractivity contribution in [3.63, 3.8) is 0 Å². The van der Waals surface area contributed by atoms with Crippen molar-refractivity contribution >= 4 is 11.7 Å². The maximum atomic E-state index is 11.7. The smallest absolute Gasteiger partial charge is 0.357 e. The number of para-hydroxylation sites is 2. The molecule has 6 nitrogen and oxygen atoms in total. The fourth-order valence-electron chi connectivity index (χ4n) is 1.62. The van der Waals surface area contributed by atoms with Gasteiger partial charge in [-0.05, 0) is 24.3 Å². The molecule has 0 aliphatic rings. The summed E-state index contributed by atoms with van der Waals surface area (Å²) >= 11 is 0. The quantitative estimate of drug-likeness (QED) is 0.645. The van der Waals surface area contributed by atoms with Crippen LogP contribution in [0.3, 0.4) is 0 Å². The van der Waals surface area contributed by atoms with Crippen LogP contribution in [0.1, 0.15) is 10.5 Å². The Morgan fingerprint density at radius 2 is 1.90 bits per heavy atom. The van der Waals surface area contributed by atoms with E-state index < -0.39 is 5.97 Å². The molecule has 1 aromatic carbocycles. The van der Waals surface area contributed by atoms with Gasteiger partial charge in [0.25, 0.3) is 0 Å². The first-order valence-electron chi connectivity index (χ1n) is 6.35. The summed E-state index contributed by atoms with van der Waals surface area (Å²) in [6, 6.07) is 10.4. The van der Waals surface area contributed by atoms with Crippen molar-refractivity contribution < 1.29 is 19.0 Å². The van der Waals surface area contributed by atoms with E-state index in [1.165, 1.54) is 12.3 Å². The van der Waals surface area contributed by atoms with Gasteiger partial charge >= 0.3 is 5.97 Å². The van der Waals surface area contributed by atoms with E-state index in [0.717, 1.165) is 0 Å². The summed E-state index contributed by atoms with van der Waals surface area (Å²) in [6.45, 7) is 0.337. The molecule has 0 saturated heterocycles. The topological polar surface area (TPSA) is 83.7 Å². The number of nitrogen functional groups attached to an aromatic ring is 1. The number of nitrogens with two attached hydrogens (primary N) is 1. The van der Waals surface area contributed by atoms with Crippen molar-refractivity contribution in [2.75, 3.05) is 26.1 Å². The summed E-state index contributed by atoms with van der Waals surface area (Å²) in [7, 11) is 1.56. The largest absolute Gasteiger partial charge is 0.493 e. The van der Waals surface area contributed by atoms with Crippen molar-refractivity contribution in [2.24, 2.45) is 0 Å². The van der Waals surface area contributed by atoms with Gasteiger partial charge in [-0.25, -0.2) is 9.78 Å². The van der Waals surface area contributed by atoms with Gasteiger partial charge in [0, 0.05) is 0 Å². The van der Waals surface area contributed by atoms with Crippen LogP contribution in [0.4, 0.5) is 5.69 Å². The Morgan fingerprint density at radius 3 is 2.57 bits per heavy atom. The van der Waals surface area contributed by atoms with Crippen LogP contribution in [-0.4, -0.2) is 31.3 Å². The monoisotopic (exact) mass is 288 g/mol. The lowest BCUT2D eigenvalue weighted by Crippen LogP contribution is -2.13. The molecule has 0 aliphatic heterocycles. The van der Waals surface area contributed by atoms with Crippen molar-refractivity contribution in [1.29, 1.82) is 0 Å². The highest BCUT2D eigenvalue weighted by Gasteiger charge is 2.08. The predicted octanol–water partition coefficient (Wildman–Crippen LogP) is 1.91. The number of benzene rings is 1. The summed E-state index contributed by atoms with van der Waals surface area (Å²) in [5.74, 6) is 0.712. The number of hydrogen-bond acceptors (Lipinski definition) is 6.